The van der Waals surface area contributed by atoms with Gasteiger partial charge < -0.3 is 19.7 Å². The molecule has 1 amide bonds. The SMILES string of the molecule is CCCCc1noc(C)c1COc1ncc(C(=O)OCC(N)=O)s1. The van der Waals surface area contributed by atoms with Crippen LogP contribution >= 0.6 is 11.3 Å². The van der Waals surface area contributed by atoms with Gasteiger partial charge in [0.1, 0.15) is 17.2 Å². The molecule has 2 aromatic rings. The minimum absolute atomic E-state index is 0.236. The molecule has 2 rings (SSSR count). The van der Waals surface area contributed by atoms with Crippen LogP contribution in [0.5, 0.6) is 5.19 Å². The Morgan fingerprint density at radius 1 is 1.42 bits per heavy atom. The zero-order valence-electron chi connectivity index (χ0n) is 13.5. The topological polar surface area (TPSA) is 118 Å². The molecule has 2 aromatic heterocycles. The van der Waals surface area contributed by atoms with Crippen molar-refractivity contribution in [1.29, 1.82) is 0 Å². The minimum Gasteiger partial charge on any atom is -0.465 e. The second kappa shape index (κ2) is 8.44. The molecule has 0 spiro atoms. The average molecular weight is 353 g/mol. The van der Waals surface area contributed by atoms with Crippen LogP contribution in [0.2, 0.25) is 0 Å². The fourth-order valence-electron chi connectivity index (χ4n) is 1.92. The summed E-state index contributed by atoms with van der Waals surface area (Å²) in [5.41, 5.74) is 6.70. The molecule has 0 aliphatic heterocycles. The van der Waals surface area contributed by atoms with Gasteiger partial charge in [-0.25, -0.2) is 9.78 Å². The van der Waals surface area contributed by atoms with Crippen LogP contribution in [0.1, 0.15) is 46.5 Å². The van der Waals surface area contributed by atoms with Crippen LogP contribution in [0.25, 0.3) is 0 Å². The predicted octanol–water partition coefficient (Wildman–Crippen LogP) is 2.00. The zero-order valence-corrected chi connectivity index (χ0v) is 14.4. The van der Waals surface area contributed by atoms with Crippen LogP contribution in [0.4, 0.5) is 0 Å². The van der Waals surface area contributed by atoms with Gasteiger partial charge in [-0.15, -0.1) is 0 Å². The molecule has 0 atom stereocenters. The van der Waals surface area contributed by atoms with Crippen molar-refractivity contribution in [3.63, 3.8) is 0 Å². The quantitative estimate of drug-likeness (QED) is 0.685. The molecule has 0 saturated heterocycles. The van der Waals surface area contributed by atoms with Gasteiger partial charge in [0.05, 0.1) is 17.5 Å². The van der Waals surface area contributed by atoms with E-state index in [2.05, 4.69) is 17.1 Å². The predicted molar refractivity (Wildman–Crippen MR) is 85.8 cm³/mol. The standard InChI is InChI=1S/C15H19N3O5S/c1-3-4-5-11-10(9(2)23-18-11)7-22-15-17-6-12(24-15)14(20)21-8-13(16)19/h6H,3-5,7-8H2,1-2H3,(H2,16,19). The molecule has 9 heteroatoms. The van der Waals surface area contributed by atoms with Gasteiger partial charge in [0.25, 0.3) is 11.1 Å². The highest BCUT2D eigenvalue weighted by Gasteiger charge is 2.16. The third-order valence-electron chi connectivity index (χ3n) is 3.20. The van der Waals surface area contributed by atoms with E-state index in [0.717, 1.165) is 41.9 Å². The van der Waals surface area contributed by atoms with Gasteiger partial charge in [0, 0.05) is 0 Å². The molecule has 8 nitrogen and oxygen atoms in total. The van der Waals surface area contributed by atoms with Gasteiger partial charge in [0.2, 0.25) is 0 Å². The number of aryl methyl sites for hydroxylation is 2. The highest BCUT2D eigenvalue weighted by Crippen LogP contribution is 2.24. The Labute approximate surface area is 142 Å². The molecular formula is C15H19N3O5S. The fourth-order valence-corrected chi connectivity index (χ4v) is 2.58. The average Bonchev–Trinajstić information content (AvgIpc) is 3.15. The van der Waals surface area contributed by atoms with E-state index in [1.165, 1.54) is 6.20 Å². The van der Waals surface area contributed by atoms with Gasteiger partial charge in [-0.05, 0) is 19.8 Å². The molecule has 0 radical (unpaired) electrons. The van der Waals surface area contributed by atoms with E-state index in [1.807, 2.05) is 6.92 Å². The van der Waals surface area contributed by atoms with Crippen molar-refractivity contribution in [2.75, 3.05) is 6.61 Å². The number of carbonyl (C=O) groups is 2. The van der Waals surface area contributed by atoms with E-state index in [1.54, 1.807) is 0 Å². The van der Waals surface area contributed by atoms with Crippen molar-refractivity contribution in [2.45, 2.75) is 39.7 Å². The Kier molecular flexibility index (Phi) is 6.30. The molecule has 0 unspecified atom stereocenters. The molecule has 2 heterocycles. The first-order valence-corrected chi connectivity index (χ1v) is 8.31. The van der Waals surface area contributed by atoms with E-state index in [-0.39, 0.29) is 11.5 Å². The van der Waals surface area contributed by atoms with E-state index in [0.29, 0.717) is 11.0 Å². The Bertz CT molecular complexity index is 710. The second-order valence-electron chi connectivity index (χ2n) is 5.09. The molecular weight excluding hydrogens is 334 g/mol. The molecule has 0 aliphatic rings. The maximum atomic E-state index is 11.7. The first-order valence-electron chi connectivity index (χ1n) is 7.49. The molecule has 0 aromatic carbocycles. The Hall–Kier alpha value is -2.42. The first-order chi connectivity index (χ1) is 11.5. The summed E-state index contributed by atoms with van der Waals surface area (Å²) in [5.74, 6) is -0.670. The molecule has 24 heavy (non-hydrogen) atoms. The molecule has 0 saturated carbocycles. The number of unbranched alkanes of at least 4 members (excludes halogenated alkanes) is 1. The smallest absolute Gasteiger partial charge is 0.350 e. The number of rotatable bonds is 9. The largest absolute Gasteiger partial charge is 0.465 e. The highest BCUT2D eigenvalue weighted by atomic mass is 32.1. The van der Waals surface area contributed by atoms with Crippen molar-refractivity contribution in [1.82, 2.24) is 10.1 Å². The number of thiazole rings is 1. The van der Waals surface area contributed by atoms with Crippen LogP contribution in [0.15, 0.2) is 10.7 Å². The third kappa shape index (κ3) is 4.79. The highest BCUT2D eigenvalue weighted by molar-refractivity contribution is 7.15. The lowest BCUT2D eigenvalue weighted by atomic mass is 10.1. The normalized spacial score (nSPS) is 10.6. The summed E-state index contributed by atoms with van der Waals surface area (Å²) in [7, 11) is 0. The van der Waals surface area contributed by atoms with Crippen molar-refractivity contribution in [3.8, 4) is 5.19 Å². The lowest BCUT2D eigenvalue weighted by Crippen LogP contribution is -2.20. The Morgan fingerprint density at radius 2 is 2.21 bits per heavy atom. The van der Waals surface area contributed by atoms with Crippen LogP contribution in [0, 0.1) is 6.92 Å². The fraction of sp³-hybridized carbons (Fsp3) is 0.467. The summed E-state index contributed by atoms with van der Waals surface area (Å²) < 4.78 is 15.5. The van der Waals surface area contributed by atoms with Crippen LogP contribution < -0.4 is 10.5 Å². The number of carbonyl (C=O) groups excluding carboxylic acids is 2. The number of amides is 1. The summed E-state index contributed by atoms with van der Waals surface area (Å²) in [4.78, 5) is 26.5. The number of nitrogens with two attached hydrogens (primary N) is 1. The Balaban J connectivity index is 1.95. The number of ether oxygens (including phenoxy) is 2. The number of primary amides is 1. The van der Waals surface area contributed by atoms with E-state index in [9.17, 15) is 9.59 Å². The maximum Gasteiger partial charge on any atom is 0.350 e. The summed E-state index contributed by atoms with van der Waals surface area (Å²) in [6, 6.07) is 0. The summed E-state index contributed by atoms with van der Waals surface area (Å²) in [6.45, 7) is 3.73. The summed E-state index contributed by atoms with van der Waals surface area (Å²) in [5, 5.41) is 4.37. The minimum atomic E-state index is -0.716. The first kappa shape index (κ1) is 17.9. The molecule has 130 valence electrons. The van der Waals surface area contributed by atoms with Gasteiger partial charge >= 0.3 is 5.97 Å². The van der Waals surface area contributed by atoms with Gasteiger partial charge in [-0.2, -0.15) is 0 Å². The lowest BCUT2D eigenvalue weighted by Gasteiger charge is -2.03. The van der Waals surface area contributed by atoms with Crippen LogP contribution in [-0.4, -0.2) is 28.6 Å². The number of hydrogen-bond acceptors (Lipinski definition) is 8. The van der Waals surface area contributed by atoms with Crippen molar-refractivity contribution in [3.05, 3.63) is 28.1 Å². The maximum absolute atomic E-state index is 11.7. The molecule has 0 bridgehead atoms. The van der Waals surface area contributed by atoms with Gasteiger partial charge in [-0.3, -0.25) is 4.79 Å². The number of nitrogens with zero attached hydrogens (tertiary/aromatic N) is 2. The monoisotopic (exact) mass is 353 g/mol. The van der Waals surface area contributed by atoms with Crippen molar-refractivity contribution in [2.24, 2.45) is 5.73 Å². The van der Waals surface area contributed by atoms with Crippen molar-refractivity contribution >= 4 is 23.2 Å². The molecule has 2 N–H and O–H groups in total. The van der Waals surface area contributed by atoms with Gasteiger partial charge in [-0.1, -0.05) is 29.8 Å². The zero-order chi connectivity index (χ0) is 17.5. The molecule has 0 aliphatic carbocycles. The molecule has 0 fully saturated rings. The summed E-state index contributed by atoms with van der Waals surface area (Å²) in [6.07, 6.45) is 4.25. The second-order valence-corrected chi connectivity index (χ2v) is 6.08. The Morgan fingerprint density at radius 3 is 2.92 bits per heavy atom. The third-order valence-corrected chi connectivity index (χ3v) is 4.09. The van der Waals surface area contributed by atoms with Crippen molar-refractivity contribution < 1.29 is 23.6 Å². The number of hydrogen-bond donors (Lipinski definition) is 1. The lowest BCUT2D eigenvalue weighted by molar-refractivity contribution is -0.121. The number of esters is 1. The van der Waals surface area contributed by atoms with E-state index >= 15 is 0 Å². The summed E-state index contributed by atoms with van der Waals surface area (Å²) >= 11 is 1.03. The number of aromatic nitrogens is 2. The van der Waals surface area contributed by atoms with Gasteiger partial charge in [0.15, 0.2) is 6.61 Å². The van der Waals surface area contributed by atoms with E-state index < -0.39 is 18.5 Å². The van der Waals surface area contributed by atoms with Crippen LogP contribution in [-0.2, 0) is 22.6 Å². The van der Waals surface area contributed by atoms with Crippen LogP contribution in [0.3, 0.4) is 0 Å². The van der Waals surface area contributed by atoms with E-state index in [4.69, 9.17) is 19.7 Å².